The average Bonchev–Trinajstić information content (AvgIpc) is 2.83. The number of nitrogen functional groups attached to an aromatic ring is 1. The van der Waals surface area contributed by atoms with Gasteiger partial charge in [-0.1, -0.05) is 0 Å². The number of carbonyl (C=O) groups excluding carboxylic acids is 1. The molecule has 0 spiro atoms. The smallest absolute Gasteiger partial charge is 0.264 e. The largest absolute Gasteiger partial charge is 0.368 e. The number of piperazine rings is 1. The monoisotopic (exact) mass is 501 g/mol. The molecule has 0 saturated carbocycles. The number of halogens is 3. The number of nitrogens with one attached hydrogen (secondary N) is 1. The predicted octanol–water partition coefficient (Wildman–Crippen LogP) is 2.89. The minimum absolute atomic E-state index is 0.0185. The van der Waals surface area contributed by atoms with E-state index >= 15 is 4.39 Å². The van der Waals surface area contributed by atoms with E-state index in [4.69, 9.17) is 5.73 Å². The Balaban J connectivity index is 1.80. The van der Waals surface area contributed by atoms with E-state index in [1.807, 2.05) is 18.9 Å². The minimum Gasteiger partial charge on any atom is -0.368 e. The Morgan fingerprint density at radius 1 is 1.17 bits per heavy atom. The third-order valence-corrected chi connectivity index (χ3v) is 6.36. The van der Waals surface area contributed by atoms with Crippen molar-refractivity contribution >= 4 is 23.2 Å². The minimum atomic E-state index is -3.03. The SMILES string of the molecule is CC1CN(c2cc(F)c(-c3cnc(N)nc3)cc2NC(=O)c2cn(C)c(=O)cc2C(F)F)CCN1C. The number of hydrogen-bond donors (Lipinski definition) is 2. The first kappa shape index (κ1) is 25.2. The van der Waals surface area contributed by atoms with Gasteiger partial charge in [0.25, 0.3) is 17.9 Å². The second-order valence-electron chi connectivity index (χ2n) is 8.80. The average molecular weight is 502 g/mol. The van der Waals surface area contributed by atoms with E-state index in [9.17, 15) is 18.4 Å². The second-order valence-corrected chi connectivity index (χ2v) is 8.80. The molecule has 9 nitrogen and oxygen atoms in total. The quantitative estimate of drug-likeness (QED) is 0.553. The van der Waals surface area contributed by atoms with E-state index in [-0.39, 0.29) is 28.8 Å². The summed E-state index contributed by atoms with van der Waals surface area (Å²) in [4.78, 5) is 37.0. The maximum atomic E-state index is 15.3. The van der Waals surface area contributed by atoms with Gasteiger partial charge in [0, 0.05) is 74.1 Å². The number of aryl methyl sites for hydroxylation is 1. The lowest BCUT2D eigenvalue weighted by molar-refractivity contribution is 0.101. The van der Waals surface area contributed by atoms with Gasteiger partial charge < -0.3 is 25.4 Å². The van der Waals surface area contributed by atoms with Gasteiger partial charge in [-0.05, 0) is 26.1 Å². The van der Waals surface area contributed by atoms with Crippen molar-refractivity contribution < 1.29 is 18.0 Å². The fourth-order valence-electron chi connectivity index (χ4n) is 4.09. The summed E-state index contributed by atoms with van der Waals surface area (Å²) < 4.78 is 43.6. The number of benzene rings is 1. The van der Waals surface area contributed by atoms with Gasteiger partial charge in [-0.25, -0.2) is 23.1 Å². The van der Waals surface area contributed by atoms with Gasteiger partial charge in [-0.3, -0.25) is 9.59 Å². The summed E-state index contributed by atoms with van der Waals surface area (Å²) in [5.41, 5.74) is 4.90. The van der Waals surface area contributed by atoms with E-state index in [0.29, 0.717) is 30.9 Å². The lowest BCUT2D eigenvalue weighted by atomic mass is 10.0. The molecule has 1 atom stereocenters. The molecule has 12 heteroatoms. The molecule has 36 heavy (non-hydrogen) atoms. The first-order valence-electron chi connectivity index (χ1n) is 11.2. The lowest BCUT2D eigenvalue weighted by Crippen LogP contribution is -2.50. The van der Waals surface area contributed by atoms with Crippen LogP contribution in [0.1, 0.15) is 29.3 Å². The summed E-state index contributed by atoms with van der Waals surface area (Å²) in [6.45, 7) is 3.86. The van der Waals surface area contributed by atoms with Crippen LogP contribution in [0.25, 0.3) is 11.1 Å². The molecule has 2 aromatic heterocycles. The molecule has 3 N–H and O–H groups in total. The molecule has 1 saturated heterocycles. The number of rotatable bonds is 5. The zero-order valence-electron chi connectivity index (χ0n) is 20.0. The van der Waals surface area contributed by atoms with Crippen LogP contribution in [0.2, 0.25) is 0 Å². The summed E-state index contributed by atoms with van der Waals surface area (Å²) in [6, 6.07) is 3.62. The summed E-state index contributed by atoms with van der Waals surface area (Å²) in [5, 5.41) is 2.67. The fraction of sp³-hybridized carbons (Fsp3) is 0.333. The number of anilines is 3. The first-order valence-corrected chi connectivity index (χ1v) is 11.2. The number of pyridine rings is 1. The Labute approximate surface area is 205 Å². The standard InChI is InChI=1S/C24H26F3N7O2/c1-13-11-34(5-4-32(13)2)20-8-18(25)15(14-9-29-24(28)30-10-14)6-19(20)31-23(36)17-12-33(3)21(35)7-16(17)22(26)27/h6-10,12-13,22H,4-5,11H2,1-3H3,(H,31,36)(H2,28,29,30). The van der Waals surface area contributed by atoms with Crippen LogP contribution in [0.4, 0.5) is 30.5 Å². The Hall–Kier alpha value is -3.93. The van der Waals surface area contributed by atoms with E-state index in [1.54, 1.807) is 0 Å². The van der Waals surface area contributed by atoms with Crippen LogP contribution in [0.3, 0.4) is 0 Å². The van der Waals surface area contributed by atoms with Crippen LogP contribution in [0.5, 0.6) is 0 Å². The maximum Gasteiger partial charge on any atom is 0.264 e. The number of carbonyl (C=O) groups is 1. The van der Waals surface area contributed by atoms with Gasteiger partial charge >= 0.3 is 0 Å². The van der Waals surface area contributed by atoms with Crippen LogP contribution in [0.15, 0.2) is 41.6 Å². The second kappa shape index (κ2) is 9.97. The third kappa shape index (κ3) is 5.03. The molecule has 3 heterocycles. The Bertz CT molecular complexity index is 1340. The molecule has 0 bridgehead atoms. The van der Waals surface area contributed by atoms with Crippen molar-refractivity contribution in [2.24, 2.45) is 7.05 Å². The molecule has 0 aliphatic carbocycles. The highest BCUT2D eigenvalue weighted by Crippen LogP contribution is 2.35. The number of likely N-dealkylation sites (N-methyl/N-ethyl adjacent to an activating group) is 1. The summed E-state index contributed by atoms with van der Waals surface area (Å²) >= 11 is 0. The number of amides is 1. The van der Waals surface area contributed by atoms with Crippen LogP contribution in [-0.4, -0.2) is 58.1 Å². The van der Waals surface area contributed by atoms with Crippen LogP contribution < -0.4 is 21.5 Å². The Kier molecular flexibility index (Phi) is 6.97. The number of nitrogens with zero attached hydrogens (tertiary/aromatic N) is 5. The van der Waals surface area contributed by atoms with Gasteiger partial charge in [-0.2, -0.15) is 0 Å². The third-order valence-electron chi connectivity index (χ3n) is 6.36. The van der Waals surface area contributed by atoms with Crippen molar-refractivity contribution in [3.8, 4) is 11.1 Å². The fourth-order valence-corrected chi connectivity index (χ4v) is 4.09. The van der Waals surface area contributed by atoms with E-state index in [2.05, 4.69) is 20.2 Å². The van der Waals surface area contributed by atoms with Crippen molar-refractivity contribution in [2.75, 3.05) is 42.6 Å². The van der Waals surface area contributed by atoms with E-state index in [0.717, 1.165) is 16.8 Å². The van der Waals surface area contributed by atoms with Gasteiger partial charge in [0.1, 0.15) is 5.82 Å². The summed E-state index contributed by atoms with van der Waals surface area (Å²) in [5.74, 6) is -1.40. The van der Waals surface area contributed by atoms with Crippen molar-refractivity contribution in [3.63, 3.8) is 0 Å². The van der Waals surface area contributed by atoms with Gasteiger partial charge in [0.15, 0.2) is 0 Å². The molecular formula is C24H26F3N7O2. The van der Waals surface area contributed by atoms with Gasteiger partial charge in [0.05, 0.1) is 16.9 Å². The van der Waals surface area contributed by atoms with E-state index in [1.165, 1.54) is 31.6 Å². The highest BCUT2D eigenvalue weighted by atomic mass is 19.3. The molecule has 1 aromatic carbocycles. The van der Waals surface area contributed by atoms with Gasteiger partial charge in [0.2, 0.25) is 5.95 Å². The Morgan fingerprint density at radius 3 is 2.50 bits per heavy atom. The highest BCUT2D eigenvalue weighted by Gasteiger charge is 2.26. The topological polar surface area (TPSA) is 109 Å². The normalized spacial score (nSPS) is 16.4. The molecule has 1 aliphatic rings. The zero-order valence-corrected chi connectivity index (χ0v) is 20.0. The van der Waals surface area contributed by atoms with Crippen molar-refractivity contribution in [1.29, 1.82) is 0 Å². The summed E-state index contributed by atoms with van der Waals surface area (Å²) in [7, 11) is 3.35. The number of nitrogens with two attached hydrogens (primary N) is 1. The number of alkyl halides is 2. The summed E-state index contributed by atoms with van der Waals surface area (Å²) in [6.07, 6.45) is 0.737. The Morgan fingerprint density at radius 2 is 1.86 bits per heavy atom. The molecule has 3 aromatic rings. The molecule has 4 rings (SSSR count). The molecular weight excluding hydrogens is 475 g/mol. The number of aromatic nitrogens is 3. The molecule has 0 radical (unpaired) electrons. The number of hydrogen-bond acceptors (Lipinski definition) is 7. The highest BCUT2D eigenvalue weighted by molar-refractivity contribution is 6.07. The predicted molar refractivity (Wildman–Crippen MR) is 131 cm³/mol. The zero-order chi connectivity index (χ0) is 26.1. The maximum absolute atomic E-state index is 15.3. The first-order chi connectivity index (χ1) is 17.0. The van der Waals surface area contributed by atoms with E-state index < -0.39 is 29.3 Å². The molecule has 1 aliphatic heterocycles. The molecule has 1 unspecified atom stereocenters. The lowest BCUT2D eigenvalue weighted by Gasteiger charge is -2.39. The van der Waals surface area contributed by atoms with Crippen molar-refractivity contribution in [2.45, 2.75) is 19.4 Å². The molecule has 1 fully saturated rings. The van der Waals surface area contributed by atoms with Crippen molar-refractivity contribution in [3.05, 3.63) is 64.1 Å². The molecule has 1 amide bonds. The van der Waals surface area contributed by atoms with Crippen molar-refractivity contribution in [1.82, 2.24) is 19.4 Å². The van der Waals surface area contributed by atoms with Crippen LogP contribution >= 0.6 is 0 Å². The molecule has 190 valence electrons. The van der Waals surface area contributed by atoms with Crippen LogP contribution in [-0.2, 0) is 7.05 Å². The van der Waals surface area contributed by atoms with Gasteiger partial charge in [-0.15, -0.1) is 0 Å². The van der Waals surface area contributed by atoms with Crippen LogP contribution in [0, 0.1) is 5.82 Å².